The molecule has 1 saturated carbocycles. The van der Waals surface area contributed by atoms with E-state index in [0.29, 0.717) is 12.0 Å². The van der Waals surface area contributed by atoms with Crippen molar-refractivity contribution < 1.29 is 4.79 Å². The molecule has 6 heteroatoms. The standard InChI is InChI=1S/C11H12Br3NOS/c12-5-6-2-1-3-8(6)15-11(16)9-4-7(13)10(14)17-9/h4,6,8H,1-3,5H2,(H,15,16). The lowest BCUT2D eigenvalue weighted by atomic mass is 10.1. The molecule has 2 unspecified atom stereocenters. The molecule has 2 nitrogen and oxygen atoms in total. The average Bonchev–Trinajstić information content (AvgIpc) is 2.86. The van der Waals surface area contributed by atoms with Crippen LogP contribution in [0, 0.1) is 5.92 Å². The minimum Gasteiger partial charge on any atom is -0.348 e. The van der Waals surface area contributed by atoms with E-state index in [2.05, 4.69) is 53.1 Å². The Kier molecular flexibility index (Phi) is 5.09. The van der Waals surface area contributed by atoms with Gasteiger partial charge in [-0.25, -0.2) is 0 Å². The number of alkyl halides is 1. The Bertz CT molecular complexity index is 401. The topological polar surface area (TPSA) is 29.1 Å². The van der Waals surface area contributed by atoms with Crippen molar-refractivity contribution in [2.24, 2.45) is 5.92 Å². The van der Waals surface area contributed by atoms with Crippen molar-refractivity contribution in [1.82, 2.24) is 5.32 Å². The van der Waals surface area contributed by atoms with E-state index in [-0.39, 0.29) is 5.91 Å². The number of thiophene rings is 1. The van der Waals surface area contributed by atoms with E-state index >= 15 is 0 Å². The molecule has 1 heterocycles. The summed E-state index contributed by atoms with van der Waals surface area (Å²) in [6.45, 7) is 0. The summed E-state index contributed by atoms with van der Waals surface area (Å²) >= 11 is 11.8. The second kappa shape index (κ2) is 6.17. The molecule has 1 N–H and O–H groups in total. The van der Waals surface area contributed by atoms with E-state index in [1.54, 1.807) is 0 Å². The van der Waals surface area contributed by atoms with Crippen molar-refractivity contribution >= 4 is 65.0 Å². The molecule has 1 aromatic rings. The first kappa shape index (κ1) is 14.0. The van der Waals surface area contributed by atoms with Crippen LogP contribution in [0.2, 0.25) is 0 Å². The molecule has 0 aliphatic heterocycles. The first-order chi connectivity index (χ1) is 8.11. The fraction of sp³-hybridized carbons (Fsp3) is 0.545. The van der Waals surface area contributed by atoms with Crippen LogP contribution in [0.1, 0.15) is 28.9 Å². The average molecular weight is 446 g/mol. The van der Waals surface area contributed by atoms with E-state index in [1.165, 1.54) is 24.2 Å². The fourth-order valence-electron chi connectivity index (χ4n) is 2.11. The zero-order valence-electron chi connectivity index (χ0n) is 9.01. The summed E-state index contributed by atoms with van der Waals surface area (Å²) in [6.07, 6.45) is 3.50. The highest BCUT2D eigenvalue weighted by Crippen LogP contribution is 2.33. The van der Waals surface area contributed by atoms with E-state index < -0.39 is 0 Å². The molecule has 94 valence electrons. The third-order valence-electron chi connectivity index (χ3n) is 3.04. The second-order valence-electron chi connectivity index (χ2n) is 4.16. The Labute approximate surface area is 130 Å². The molecule has 17 heavy (non-hydrogen) atoms. The Morgan fingerprint density at radius 1 is 1.47 bits per heavy atom. The minimum absolute atomic E-state index is 0.0410. The molecule has 1 aromatic heterocycles. The molecule has 2 atom stereocenters. The van der Waals surface area contributed by atoms with Crippen molar-refractivity contribution in [2.45, 2.75) is 25.3 Å². The van der Waals surface area contributed by atoms with E-state index in [4.69, 9.17) is 0 Å². The fourth-order valence-corrected chi connectivity index (χ4v) is 4.82. The summed E-state index contributed by atoms with van der Waals surface area (Å²) in [5.74, 6) is 0.616. The lowest BCUT2D eigenvalue weighted by Crippen LogP contribution is -2.37. The molecule has 1 amide bonds. The number of halogens is 3. The van der Waals surface area contributed by atoms with Crippen LogP contribution in [0.25, 0.3) is 0 Å². The van der Waals surface area contributed by atoms with Crippen LogP contribution < -0.4 is 5.32 Å². The van der Waals surface area contributed by atoms with Gasteiger partial charge in [0.1, 0.15) is 0 Å². The van der Waals surface area contributed by atoms with Crippen molar-refractivity contribution in [3.05, 3.63) is 19.2 Å². The SMILES string of the molecule is O=C(NC1CCCC1CBr)c1cc(Br)c(Br)s1. The normalized spacial score (nSPS) is 23.9. The quantitative estimate of drug-likeness (QED) is 0.678. The zero-order valence-corrected chi connectivity index (χ0v) is 14.6. The lowest BCUT2D eigenvalue weighted by Gasteiger charge is -2.18. The van der Waals surface area contributed by atoms with Gasteiger partial charge < -0.3 is 5.32 Å². The van der Waals surface area contributed by atoms with Crippen LogP contribution in [-0.4, -0.2) is 17.3 Å². The monoisotopic (exact) mass is 443 g/mol. The van der Waals surface area contributed by atoms with Gasteiger partial charge in [-0.15, -0.1) is 11.3 Å². The van der Waals surface area contributed by atoms with Gasteiger partial charge in [-0.05, 0) is 56.7 Å². The summed E-state index contributed by atoms with van der Waals surface area (Å²) in [7, 11) is 0. The third-order valence-corrected chi connectivity index (χ3v) is 7.13. The first-order valence-corrected chi connectivity index (χ1v) is 8.96. The predicted octanol–water partition coefficient (Wildman–Crippen LogP) is 4.57. The molecular weight excluding hydrogens is 434 g/mol. The molecule has 0 spiro atoms. The van der Waals surface area contributed by atoms with Gasteiger partial charge in [0.2, 0.25) is 0 Å². The number of nitrogens with one attached hydrogen (secondary N) is 1. The van der Waals surface area contributed by atoms with Gasteiger partial charge in [0, 0.05) is 15.8 Å². The highest BCUT2D eigenvalue weighted by molar-refractivity contribution is 9.13. The maximum absolute atomic E-state index is 12.1. The molecule has 0 bridgehead atoms. The maximum Gasteiger partial charge on any atom is 0.261 e. The largest absolute Gasteiger partial charge is 0.348 e. The van der Waals surface area contributed by atoms with Gasteiger partial charge in [-0.2, -0.15) is 0 Å². The summed E-state index contributed by atoms with van der Waals surface area (Å²) < 4.78 is 1.90. The molecular formula is C11H12Br3NOS. The number of amides is 1. The Morgan fingerprint density at radius 2 is 2.24 bits per heavy atom. The van der Waals surface area contributed by atoms with Crippen molar-refractivity contribution in [1.29, 1.82) is 0 Å². The highest BCUT2D eigenvalue weighted by Gasteiger charge is 2.28. The number of rotatable bonds is 3. The molecule has 1 fully saturated rings. The van der Waals surface area contributed by atoms with Gasteiger partial charge in [0.05, 0.1) is 8.66 Å². The van der Waals surface area contributed by atoms with Crippen LogP contribution in [0.5, 0.6) is 0 Å². The summed E-state index contributed by atoms with van der Waals surface area (Å²) in [6, 6.07) is 2.18. The maximum atomic E-state index is 12.1. The Morgan fingerprint density at radius 3 is 2.82 bits per heavy atom. The number of carbonyl (C=O) groups excluding carboxylic acids is 1. The first-order valence-electron chi connectivity index (χ1n) is 5.43. The van der Waals surface area contributed by atoms with Gasteiger partial charge >= 0.3 is 0 Å². The molecule has 1 aliphatic rings. The van der Waals surface area contributed by atoms with E-state index in [9.17, 15) is 4.79 Å². The third kappa shape index (κ3) is 3.33. The Balaban J connectivity index is 2.01. The zero-order chi connectivity index (χ0) is 12.4. The number of hydrogen-bond acceptors (Lipinski definition) is 2. The number of hydrogen-bond donors (Lipinski definition) is 1. The lowest BCUT2D eigenvalue weighted by molar-refractivity contribution is 0.0934. The second-order valence-corrected chi connectivity index (χ2v) is 8.03. The van der Waals surface area contributed by atoms with Gasteiger partial charge in [-0.1, -0.05) is 22.4 Å². The molecule has 0 radical (unpaired) electrons. The Hall–Kier alpha value is 0.610. The predicted molar refractivity (Wildman–Crippen MR) is 82.1 cm³/mol. The molecule has 1 aliphatic carbocycles. The van der Waals surface area contributed by atoms with Gasteiger partial charge in [0.25, 0.3) is 5.91 Å². The van der Waals surface area contributed by atoms with Gasteiger partial charge in [0.15, 0.2) is 0 Å². The van der Waals surface area contributed by atoms with Gasteiger partial charge in [-0.3, -0.25) is 4.79 Å². The van der Waals surface area contributed by atoms with E-state index in [1.807, 2.05) is 6.07 Å². The van der Waals surface area contributed by atoms with Crippen molar-refractivity contribution in [3.8, 4) is 0 Å². The molecule has 0 aromatic carbocycles. The minimum atomic E-state index is 0.0410. The van der Waals surface area contributed by atoms with Crippen molar-refractivity contribution in [2.75, 3.05) is 5.33 Å². The smallest absolute Gasteiger partial charge is 0.261 e. The van der Waals surface area contributed by atoms with Crippen LogP contribution in [0.4, 0.5) is 0 Å². The van der Waals surface area contributed by atoms with Crippen LogP contribution in [-0.2, 0) is 0 Å². The highest BCUT2D eigenvalue weighted by atomic mass is 79.9. The number of carbonyl (C=O) groups is 1. The summed E-state index contributed by atoms with van der Waals surface area (Å²) in [4.78, 5) is 12.8. The van der Waals surface area contributed by atoms with Crippen LogP contribution in [0.15, 0.2) is 14.3 Å². The molecule has 2 rings (SSSR count). The summed E-state index contributed by atoms with van der Waals surface area (Å²) in [5.41, 5.74) is 0. The van der Waals surface area contributed by atoms with Crippen LogP contribution >= 0.6 is 59.1 Å². The summed E-state index contributed by atoms with van der Waals surface area (Å²) in [5, 5.41) is 4.10. The molecule has 0 saturated heterocycles. The van der Waals surface area contributed by atoms with Crippen LogP contribution in [0.3, 0.4) is 0 Å². The van der Waals surface area contributed by atoms with Crippen molar-refractivity contribution in [3.63, 3.8) is 0 Å². The van der Waals surface area contributed by atoms with E-state index in [0.717, 1.165) is 24.9 Å².